The van der Waals surface area contributed by atoms with E-state index in [0.29, 0.717) is 0 Å². The van der Waals surface area contributed by atoms with Crippen molar-refractivity contribution >= 4 is 5.97 Å². The van der Waals surface area contributed by atoms with Crippen LogP contribution in [0, 0.1) is 0 Å². The van der Waals surface area contributed by atoms with Gasteiger partial charge in [0.2, 0.25) is 0 Å². The molecule has 0 aliphatic heterocycles. The normalized spacial score (nSPS) is 29.8. The fourth-order valence-electron chi connectivity index (χ4n) is 2.32. The lowest BCUT2D eigenvalue weighted by atomic mass is 9.79. The molecule has 0 aromatic carbocycles. The number of aliphatic hydroxyl groups is 1. The number of ether oxygens (including phenoxy) is 1. The van der Waals surface area contributed by atoms with Gasteiger partial charge in [0.1, 0.15) is 11.7 Å². The van der Waals surface area contributed by atoms with Crippen molar-refractivity contribution in [1.29, 1.82) is 0 Å². The molecule has 16 heavy (non-hydrogen) atoms. The van der Waals surface area contributed by atoms with E-state index in [1.807, 2.05) is 0 Å². The first-order valence-electron chi connectivity index (χ1n) is 6.18. The van der Waals surface area contributed by atoms with Gasteiger partial charge in [-0.15, -0.1) is 0 Å². The summed E-state index contributed by atoms with van der Waals surface area (Å²) in [5, 5.41) is 10.5. The average Bonchev–Trinajstić information content (AvgIpc) is 2.29. The van der Waals surface area contributed by atoms with E-state index >= 15 is 0 Å². The first kappa shape index (κ1) is 13.2. The van der Waals surface area contributed by atoms with Gasteiger partial charge in [0.25, 0.3) is 0 Å². The molecular formula is C13H22O3. The highest BCUT2D eigenvalue weighted by atomic mass is 16.6. The molecule has 0 amide bonds. The molecule has 0 aromatic rings. The lowest BCUT2D eigenvalue weighted by Gasteiger charge is -2.39. The quantitative estimate of drug-likeness (QED) is 0.579. The van der Waals surface area contributed by atoms with Crippen LogP contribution in [0.2, 0.25) is 0 Å². The topological polar surface area (TPSA) is 46.5 Å². The predicted molar refractivity (Wildman–Crippen MR) is 63.0 cm³/mol. The molecule has 1 N–H and O–H groups in total. The first-order chi connectivity index (χ1) is 7.62. The number of hydrogen-bond acceptors (Lipinski definition) is 3. The van der Waals surface area contributed by atoms with Gasteiger partial charge in [-0.2, -0.15) is 0 Å². The second-order valence-corrected chi connectivity index (χ2v) is 4.58. The molecule has 1 saturated carbocycles. The number of esters is 1. The van der Waals surface area contributed by atoms with Crippen molar-refractivity contribution in [1.82, 2.24) is 0 Å². The van der Waals surface area contributed by atoms with Crippen LogP contribution in [0.4, 0.5) is 0 Å². The third-order valence-corrected chi connectivity index (χ3v) is 3.31. The van der Waals surface area contributed by atoms with Crippen molar-refractivity contribution in [3.63, 3.8) is 0 Å². The van der Waals surface area contributed by atoms with Gasteiger partial charge in [-0.3, -0.25) is 0 Å². The zero-order valence-corrected chi connectivity index (χ0v) is 10.1. The number of unbranched alkanes of at least 4 members (excludes halogenated alkanes) is 1. The number of hydrogen-bond donors (Lipinski definition) is 1. The molecule has 92 valence electrons. The second kappa shape index (κ2) is 6.04. The Labute approximate surface area is 97.5 Å². The zero-order valence-electron chi connectivity index (χ0n) is 10.1. The number of rotatable bonds is 5. The third-order valence-electron chi connectivity index (χ3n) is 3.31. The average molecular weight is 226 g/mol. The Bertz CT molecular complexity index is 250. The summed E-state index contributed by atoms with van der Waals surface area (Å²) in [4.78, 5) is 11.2. The summed E-state index contributed by atoms with van der Waals surface area (Å²) in [7, 11) is 0. The fraction of sp³-hybridized carbons (Fsp3) is 0.769. The Balaban J connectivity index is 2.61. The molecule has 0 saturated heterocycles. The Hall–Kier alpha value is -0.830. The molecule has 0 aromatic heterocycles. The van der Waals surface area contributed by atoms with Crippen LogP contribution in [0.3, 0.4) is 0 Å². The molecular weight excluding hydrogens is 204 g/mol. The van der Waals surface area contributed by atoms with Gasteiger partial charge in [-0.05, 0) is 25.7 Å². The summed E-state index contributed by atoms with van der Waals surface area (Å²) in [6.45, 7) is 5.47. The molecule has 2 unspecified atom stereocenters. The van der Waals surface area contributed by atoms with Crippen LogP contribution in [-0.4, -0.2) is 22.8 Å². The van der Waals surface area contributed by atoms with Crippen LogP contribution in [0.1, 0.15) is 51.9 Å². The molecule has 0 heterocycles. The van der Waals surface area contributed by atoms with Crippen LogP contribution in [0.5, 0.6) is 0 Å². The van der Waals surface area contributed by atoms with E-state index in [4.69, 9.17) is 4.74 Å². The zero-order chi connectivity index (χ0) is 12.0. The monoisotopic (exact) mass is 226 g/mol. The maximum absolute atomic E-state index is 11.2. The van der Waals surface area contributed by atoms with Gasteiger partial charge in [-0.1, -0.05) is 32.8 Å². The minimum atomic E-state index is -0.813. The van der Waals surface area contributed by atoms with Gasteiger partial charge >= 0.3 is 5.97 Å². The van der Waals surface area contributed by atoms with Crippen LogP contribution < -0.4 is 0 Å². The van der Waals surface area contributed by atoms with Crippen molar-refractivity contribution in [2.24, 2.45) is 0 Å². The molecule has 0 spiro atoms. The van der Waals surface area contributed by atoms with Gasteiger partial charge in [-0.25, -0.2) is 4.79 Å². The molecule has 3 nitrogen and oxygen atoms in total. The molecule has 1 aliphatic rings. The van der Waals surface area contributed by atoms with Gasteiger partial charge in [0, 0.05) is 6.08 Å². The number of carbonyl (C=O) groups is 1. The SMILES string of the molecule is C=CC(=O)OC1CCCCC1(O)CCCC. The molecule has 3 heteroatoms. The van der Waals surface area contributed by atoms with E-state index in [0.717, 1.165) is 51.0 Å². The Morgan fingerprint density at radius 1 is 1.62 bits per heavy atom. The molecule has 1 fully saturated rings. The van der Waals surface area contributed by atoms with Gasteiger partial charge < -0.3 is 9.84 Å². The largest absolute Gasteiger partial charge is 0.456 e. The molecule has 0 bridgehead atoms. The van der Waals surface area contributed by atoms with Crippen LogP contribution in [0.25, 0.3) is 0 Å². The summed E-state index contributed by atoms with van der Waals surface area (Å²) in [5.74, 6) is -0.429. The minimum absolute atomic E-state index is 0.349. The molecule has 0 radical (unpaired) electrons. The minimum Gasteiger partial charge on any atom is -0.456 e. The van der Waals surface area contributed by atoms with E-state index in [1.165, 1.54) is 0 Å². The Kier molecular flexibility index (Phi) is 5.00. The Morgan fingerprint density at radius 2 is 2.38 bits per heavy atom. The van der Waals surface area contributed by atoms with Crippen molar-refractivity contribution in [2.45, 2.75) is 63.6 Å². The Morgan fingerprint density at radius 3 is 3.00 bits per heavy atom. The van der Waals surface area contributed by atoms with E-state index < -0.39 is 11.6 Å². The maximum atomic E-state index is 11.2. The standard InChI is InChI=1S/C13H22O3/c1-3-5-9-13(15)10-7-6-8-11(13)16-12(14)4-2/h4,11,15H,2-3,5-10H2,1H3. The van der Waals surface area contributed by atoms with Crippen molar-refractivity contribution in [3.05, 3.63) is 12.7 Å². The van der Waals surface area contributed by atoms with Crippen molar-refractivity contribution in [3.8, 4) is 0 Å². The van der Waals surface area contributed by atoms with Crippen molar-refractivity contribution in [2.75, 3.05) is 0 Å². The van der Waals surface area contributed by atoms with Crippen LogP contribution in [0.15, 0.2) is 12.7 Å². The van der Waals surface area contributed by atoms with E-state index in [-0.39, 0.29) is 6.10 Å². The summed E-state index contributed by atoms with van der Waals surface area (Å²) >= 11 is 0. The molecule has 1 rings (SSSR count). The summed E-state index contributed by atoms with van der Waals surface area (Å²) in [6.07, 6.45) is 7.09. The fourth-order valence-corrected chi connectivity index (χ4v) is 2.32. The summed E-state index contributed by atoms with van der Waals surface area (Å²) in [6, 6.07) is 0. The second-order valence-electron chi connectivity index (χ2n) is 4.58. The van der Waals surface area contributed by atoms with Gasteiger partial charge in [0.15, 0.2) is 0 Å². The smallest absolute Gasteiger partial charge is 0.330 e. The maximum Gasteiger partial charge on any atom is 0.330 e. The van der Waals surface area contributed by atoms with Gasteiger partial charge in [0.05, 0.1) is 0 Å². The molecule has 1 aliphatic carbocycles. The predicted octanol–water partition coefficient (Wildman–Crippen LogP) is 2.58. The van der Waals surface area contributed by atoms with Crippen LogP contribution >= 0.6 is 0 Å². The van der Waals surface area contributed by atoms with Crippen molar-refractivity contribution < 1.29 is 14.6 Å². The summed E-state index contributed by atoms with van der Waals surface area (Å²) in [5.41, 5.74) is -0.813. The first-order valence-corrected chi connectivity index (χ1v) is 6.18. The third kappa shape index (κ3) is 3.34. The highest BCUT2D eigenvalue weighted by molar-refractivity contribution is 5.81. The van der Waals surface area contributed by atoms with Crippen LogP contribution in [-0.2, 0) is 9.53 Å². The number of carbonyl (C=O) groups excluding carboxylic acids is 1. The lowest BCUT2D eigenvalue weighted by Crippen LogP contribution is -2.47. The van der Waals surface area contributed by atoms with E-state index in [1.54, 1.807) is 0 Å². The summed E-state index contributed by atoms with van der Waals surface area (Å²) < 4.78 is 5.25. The van der Waals surface area contributed by atoms with E-state index in [9.17, 15) is 9.90 Å². The van der Waals surface area contributed by atoms with E-state index in [2.05, 4.69) is 13.5 Å². The highest BCUT2D eigenvalue weighted by Crippen LogP contribution is 2.34. The highest BCUT2D eigenvalue weighted by Gasteiger charge is 2.40. The molecule has 2 atom stereocenters. The lowest BCUT2D eigenvalue weighted by molar-refractivity contribution is -0.167.